The highest BCUT2D eigenvalue weighted by Crippen LogP contribution is 2.28. The molecule has 0 atom stereocenters. The van der Waals surface area contributed by atoms with Crippen molar-refractivity contribution in [3.63, 3.8) is 0 Å². The van der Waals surface area contributed by atoms with E-state index in [2.05, 4.69) is 4.90 Å². The quantitative estimate of drug-likeness (QED) is 0.718. The molecule has 1 heterocycles. The van der Waals surface area contributed by atoms with E-state index in [1.165, 1.54) is 22.5 Å². The summed E-state index contributed by atoms with van der Waals surface area (Å²) >= 11 is 12.0. The van der Waals surface area contributed by atoms with Crippen LogP contribution in [0.15, 0.2) is 53.4 Å². The van der Waals surface area contributed by atoms with Crippen LogP contribution >= 0.6 is 23.2 Å². The van der Waals surface area contributed by atoms with Gasteiger partial charge in [0.05, 0.1) is 14.9 Å². The Morgan fingerprint density at radius 1 is 1.00 bits per heavy atom. The van der Waals surface area contributed by atoms with Crippen molar-refractivity contribution in [2.24, 2.45) is 0 Å². The van der Waals surface area contributed by atoms with Crippen molar-refractivity contribution in [3.8, 4) is 0 Å². The van der Waals surface area contributed by atoms with E-state index in [1.807, 2.05) is 6.07 Å². The van der Waals surface area contributed by atoms with Gasteiger partial charge in [-0.05, 0) is 42.0 Å². The Hall–Kier alpha value is -2.06. The molecule has 6 nitrogen and oxygen atoms in total. The number of carbonyl (C=O) groups is 1. The van der Waals surface area contributed by atoms with Crippen LogP contribution in [0.1, 0.15) is 5.56 Å². The van der Waals surface area contributed by atoms with Crippen LogP contribution in [0.4, 0.5) is 5.69 Å². The van der Waals surface area contributed by atoms with Gasteiger partial charge in [-0.2, -0.15) is 4.31 Å². The molecule has 2 aromatic rings. The Kier molecular flexibility index (Phi) is 6.30. The van der Waals surface area contributed by atoms with Crippen LogP contribution in [0.25, 0.3) is 6.08 Å². The van der Waals surface area contributed by atoms with E-state index in [-0.39, 0.29) is 4.90 Å². The SMILES string of the molecule is O=C(O)/C=C/c1cccc(S(=O)(=O)N2CCN(c3ccc(Cl)c(Cl)c3)CC2)c1. The summed E-state index contributed by atoms with van der Waals surface area (Å²) < 4.78 is 27.3. The topological polar surface area (TPSA) is 77.9 Å². The highest BCUT2D eigenvalue weighted by Gasteiger charge is 2.28. The minimum absolute atomic E-state index is 0.142. The van der Waals surface area contributed by atoms with Gasteiger partial charge < -0.3 is 10.0 Å². The average molecular weight is 441 g/mol. The number of carboxylic acid groups (broad SMARTS) is 1. The first-order chi connectivity index (χ1) is 13.3. The van der Waals surface area contributed by atoms with Crippen molar-refractivity contribution >= 4 is 51.0 Å². The highest BCUT2D eigenvalue weighted by atomic mass is 35.5. The van der Waals surface area contributed by atoms with Crippen molar-refractivity contribution in [1.82, 2.24) is 4.31 Å². The Morgan fingerprint density at radius 2 is 1.71 bits per heavy atom. The third-order valence-corrected chi connectivity index (χ3v) is 7.05. The second-order valence-electron chi connectivity index (χ2n) is 6.23. The lowest BCUT2D eigenvalue weighted by Gasteiger charge is -2.35. The third-order valence-electron chi connectivity index (χ3n) is 4.42. The average Bonchev–Trinajstić information content (AvgIpc) is 2.69. The van der Waals surface area contributed by atoms with E-state index in [0.717, 1.165) is 11.8 Å². The first kappa shape index (κ1) is 20.7. The molecule has 0 aliphatic carbocycles. The monoisotopic (exact) mass is 440 g/mol. The van der Waals surface area contributed by atoms with Gasteiger partial charge in [-0.25, -0.2) is 13.2 Å². The zero-order valence-corrected chi connectivity index (χ0v) is 17.1. The summed E-state index contributed by atoms with van der Waals surface area (Å²) in [6.45, 7) is 1.71. The molecule has 0 bridgehead atoms. The van der Waals surface area contributed by atoms with Crippen LogP contribution < -0.4 is 4.90 Å². The molecule has 28 heavy (non-hydrogen) atoms. The molecule has 0 unspecified atom stereocenters. The molecule has 148 valence electrons. The summed E-state index contributed by atoms with van der Waals surface area (Å²) in [5, 5.41) is 9.66. The second kappa shape index (κ2) is 8.53. The number of sulfonamides is 1. The van der Waals surface area contributed by atoms with Crippen molar-refractivity contribution < 1.29 is 18.3 Å². The number of nitrogens with zero attached hydrogens (tertiary/aromatic N) is 2. The molecular formula is C19H18Cl2N2O4S. The van der Waals surface area contributed by atoms with Crippen LogP contribution in [-0.4, -0.2) is 50.0 Å². The Labute approximate surface area is 173 Å². The predicted molar refractivity (Wildman–Crippen MR) is 111 cm³/mol. The van der Waals surface area contributed by atoms with Gasteiger partial charge in [0.25, 0.3) is 0 Å². The lowest BCUT2D eigenvalue weighted by atomic mass is 10.2. The molecule has 1 saturated heterocycles. The summed E-state index contributed by atoms with van der Waals surface area (Å²) in [4.78, 5) is 12.9. The maximum atomic E-state index is 12.9. The fourth-order valence-corrected chi connectivity index (χ4v) is 4.73. The molecule has 0 amide bonds. The summed E-state index contributed by atoms with van der Waals surface area (Å²) in [6.07, 6.45) is 2.34. The first-order valence-electron chi connectivity index (χ1n) is 8.48. The van der Waals surface area contributed by atoms with E-state index in [1.54, 1.807) is 24.3 Å². The molecule has 3 rings (SSSR count). The number of benzene rings is 2. The minimum Gasteiger partial charge on any atom is -0.478 e. The number of aliphatic carboxylic acids is 1. The molecule has 1 fully saturated rings. The zero-order chi connectivity index (χ0) is 20.3. The predicted octanol–water partition coefficient (Wildman–Crippen LogP) is 3.60. The van der Waals surface area contributed by atoms with Crippen LogP contribution in [0.2, 0.25) is 10.0 Å². The van der Waals surface area contributed by atoms with Gasteiger partial charge in [0, 0.05) is 37.9 Å². The van der Waals surface area contributed by atoms with Gasteiger partial charge >= 0.3 is 5.97 Å². The van der Waals surface area contributed by atoms with Crippen LogP contribution in [0.5, 0.6) is 0 Å². The molecule has 1 N–H and O–H groups in total. The van der Waals surface area contributed by atoms with E-state index in [0.29, 0.717) is 41.8 Å². The number of hydrogen-bond donors (Lipinski definition) is 1. The smallest absolute Gasteiger partial charge is 0.328 e. The van der Waals surface area contributed by atoms with E-state index >= 15 is 0 Å². The standard InChI is InChI=1S/C19H18Cl2N2O4S/c20-17-6-5-15(13-18(17)21)22-8-10-23(11-9-22)28(26,27)16-3-1-2-14(12-16)4-7-19(24)25/h1-7,12-13H,8-11H2,(H,24,25)/b7-4+. The van der Waals surface area contributed by atoms with Gasteiger partial charge in [-0.1, -0.05) is 35.3 Å². The van der Waals surface area contributed by atoms with Crippen molar-refractivity contribution in [2.75, 3.05) is 31.1 Å². The fourth-order valence-electron chi connectivity index (χ4n) is 2.96. The van der Waals surface area contributed by atoms with Gasteiger partial charge in [0.2, 0.25) is 10.0 Å². The maximum absolute atomic E-state index is 12.9. The maximum Gasteiger partial charge on any atom is 0.328 e. The first-order valence-corrected chi connectivity index (χ1v) is 10.7. The summed E-state index contributed by atoms with van der Waals surface area (Å²) in [7, 11) is -3.67. The molecular weight excluding hydrogens is 423 g/mol. The van der Waals surface area contributed by atoms with Gasteiger partial charge in [-0.3, -0.25) is 0 Å². The molecule has 9 heteroatoms. The number of carboxylic acids is 1. The summed E-state index contributed by atoms with van der Waals surface area (Å²) in [5.74, 6) is -1.09. The molecule has 0 spiro atoms. The van der Waals surface area contributed by atoms with Crippen molar-refractivity contribution in [1.29, 1.82) is 0 Å². The Balaban J connectivity index is 1.73. The Morgan fingerprint density at radius 3 is 2.36 bits per heavy atom. The molecule has 0 radical (unpaired) electrons. The molecule has 2 aromatic carbocycles. The number of rotatable bonds is 5. The molecule has 1 aliphatic rings. The van der Waals surface area contributed by atoms with Crippen molar-refractivity contribution in [2.45, 2.75) is 4.90 Å². The van der Waals surface area contributed by atoms with Crippen LogP contribution in [0.3, 0.4) is 0 Å². The van der Waals surface area contributed by atoms with Gasteiger partial charge in [-0.15, -0.1) is 0 Å². The number of piperazine rings is 1. The van der Waals surface area contributed by atoms with E-state index < -0.39 is 16.0 Å². The summed E-state index contributed by atoms with van der Waals surface area (Å²) in [6, 6.07) is 11.6. The largest absolute Gasteiger partial charge is 0.478 e. The minimum atomic E-state index is -3.67. The number of halogens is 2. The normalized spacial score (nSPS) is 15.9. The number of anilines is 1. The Bertz CT molecular complexity index is 1020. The lowest BCUT2D eigenvalue weighted by molar-refractivity contribution is -0.131. The third kappa shape index (κ3) is 4.67. The van der Waals surface area contributed by atoms with Crippen LogP contribution in [-0.2, 0) is 14.8 Å². The fraction of sp³-hybridized carbons (Fsp3) is 0.211. The number of hydrogen-bond acceptors (Lipinski definition) is 4. The van der Waals surface area contributed by atoms with Gasteiger partial charge in [0.15, 0.2) is 0 Å². The van der Waals surface area contributed by atoms with Crippen LogP contribution in [0, 0.1) is 0 Å². The molecule has 0 saturated carbocycles. The highest BCUT2D eigenvalue weighted by molar-refractivity contribution is 7.89. The van der Waals surface area contributed by atoms with E-state index in [9.17, 15) is 13.2 Å². The molecule has 0 aromatic heterocycles. The van der Waals surface area contributed by atoms with E-state index in [4.69, 9.17) is 28.3 Å². The second-order valence-corrected chi connectivity index (χ2v) is 8.99. The van der Waals surface area contributed by atoms with Gasteiger partial charge in [0.1, 0.15) is 0 Å². The lowest BCUT2D eigenvalue weighted by Crippen LogP contribution is -2.48. The molecule has 1 aliphatic heterocycles. The van der Waals surface area contributed by atoms with Crippen molar-refractivity contribution in [3.05, 3.63) is 64.1 Å². The zero-order valence-electron chi connectivity index (χ0n) is 14.8. The summed E-state index contributed by atoms with van der Waals surface area (Å²) in [5.41, 5.74) is 1.41.